The van der Waals surface area contributed by atoms with Gasteiger partial charge in [-0.05, 0) is 31.0 Å². The molecule has 5 nitrogen and oxygen atoms in total. The molecule has 1 fully saturated rings. The zero-order valence-electron chi connectivity index (χ0n) is 12.3. The largest absolute Gasteiger partial charge is 0.380 e. The van der Waals surface area contributed by atoms with Crippen LogP contribution in [0.25, 0.3) is 0 Å². The lowest BCUT2D eigenvalue weighted by atomic mass is 10.1. The summed E-state index contributed by atoms with van der Waals surface area (Å²) in [5.74, 6) is 5.61. The third kappa shape index (κ3) is 3.44. The van der Waals surface area contributed by atoms with Crippen LogP contribution in [-0.4, -0.2) is 45.6 Å². The standard InChI is InChI=1S/C15H20N2O3S/c1-12-5-6-13(4-3-8-16)10-15(12)21(18,19)17-9-7-14(11-17)20-2/h5-6,10,14H,7-9,11,16H2,1-2H3. The van der Waals surface area contributed by atoms with E-state index in [-0.39, 0.29) is 12.6 Å². The first-order valence-electron chi connectivity index (χ1n) is 6.81. The second kappa shape index (κ2) is 6.58. The van der Waals surface area contributed by atoms with Gasteiger partial charge in [-0.1, -0.05) is 17.9 Å². The highest BCUT2D eigenvalue weighted by Crippen LogP contribution is 2.25. The van der Waals surface area contributed by atoms with E-state index in [1.807, 2.05) is 0 Å². The monoisotopic (exact) mass is 308 g/mol. The summed E-state index contributed by atoms with van der Waals surface area (Å²) in [6.45, 7) is 2.92. The zero-order valence-corrected chi connectivity index (χ0v) is 13.1. The average Bonchev–Trinajstić information content (AvgIpc) is 2.96. The molecule has 0 bridgehead atoms. The van der Waals surface area contributed by atoms with Gasteiger partial charge >= 0.3 is 0 Å². The smallest absolute Gasteiger partial charge is 0.243 e. The van der Waals surface area contributed by atoms with Gasteiger partial charge in [0, 0.05) is 25.8 Å². The molecule has 1 saturated heterocycles. The van der Waals surface area contributed by atoms with Gasteiger partial charge in [0.1, 0.15) is 0 Å². The molecular formula is C15H20N2O3S. The van der Waals surface area contributed by atoms with Gasteiger partial charge in [0.2, 0.25) is 10.0 Å². The van der Waals surface area contributed by atoms with Crippen molar-refractivity contribution in [3.63, 3.8) is 0 Å². The third-order valence-electron chi connectivity index (χ3n) is 3.58. The molecule has 0 radical (unpaired) electrons. The van der Waals surface area contributed by atoms with Crippen LogP contribution < -0.4 is 5.73 Å². The molecule has 2 N–H and O–H groups in total. The summed E-state index contributed by atoms with van der Waals surface area (Å²) in [6, 6.07) is 5.20. The number of ether oxygens (including phenoxy) is 1. The number of sulfonamides is 1. The lowest BCUT2D eigenvalue weighted by Crippen LogP contribution is -2.30. The van der Waals surface area contributed by atoms with Gasteiger partial charge in [-0.3, -0.25) is 0 Å². The summed E-state index contributed by atoms with van der Waals surface area (Å²) in [7, 11) is -1.90. The van der Waals surface area contributed by atoms with Crippen molar-refractivity contribution in [2.45, 2.75) is 24.3 Å². The molecule has 0 spiro atoms. The van der Waals surface area contributed by atoms with Gasteiger partial charge in [0.15, 0.2) is 0 Å². The normalized spacial score (nSPS) is 19.3. The molecule has 1 aromatic carbocycles. The first kappa shape index (κ1) is 16.0. The Morgan fingerprint density at radius 2 is 2.24 bits per heavy atom. The molecule has 1 aliphatic rings. The van der Waals surface area contributed by atoms with Gasteiger partial charge in [-0.15, -0.1) is 0 Å². The zero-order chi connectivity index (χ0) is 15.5. The molecule has 1 unspecified atom stereocenters. The summed E-state index contributed by atoms with van der Waals surface area (Å²) >= 11 is 0. The molecule has 1 aliphatic heterocycles. The van der Waals surface area contributed by atoms with E-state index in [1.54, 1.807) is 32.2 Å². The summed E-state index contributed by atoms with van der Waals surface area (Å²) in [6.07, 6.45) is 0.696. The summed E-state index contributed by atoms with van der Waals surface area (Å²) < 4.78 is 32.2. The van der Waals surface area contributed by atoms with Gasteiger partial charge in [-0.25, -0.2) is 8.42 Å². The van der Waals surface area contributed by atoms with Crippen molar-refractivity contribution >= 4 is 10.0 Å². The number of hydrogen-bond donors (Lipinski definition) is 1. The van der Waals surface area contributed by atoms with Crippen molar-refractivity contribution in [2.75, 3.05) is 26.7 Å². The van der Waals surface area contributed by atoms with E-state index in [0.717, 1.165) is 6.42 Å². The quantitative estimate of drug-likeness (QED) is 0.835. The molecule has 0 saturated carbocycles. The fraction of sp³-hybridized carbons (Fsp3) is 0.467. The maximum Gasteiger partial charge on any atom is 0.243 e. The average molecular weight is 308 g/mol. The van der Waals surface area contributed by atoms with Crippen molar-refractivity contribution in [1.82, 2.24) is 4.31 Å². The predicted molar refractivity (Wildman–Crippen MR) is 81.3 cm³/mol. The molecule has 1 heterocycles. The minimum Gasteiger partial charge on any atom is -0.380 e. The summed E-state index contributed by atoms with van der Waals surface area (Å²) in [5.41, 5.74) is 6.72. The van der Waals surface area contributed by atoms with E-state index in [2.05, 4.69) is 11.8 Å². The molecule has 0 amide bonds. The fourth-order valence-corrected chi connectivity index (χ4v) is 4.09. The molecule has 1 aromatic rings. The van der Waals surface area contributed by atoms with E-state index in [1.165, 1.54) is 4.31 Å². The number of hydrogen-bond acceptors (Lipinski definition) is 4. The summed E-state index contributed by atoms with van der Waals surface area (Å²) in [4.78, 5) is 0.308. The Bertz CT molecular complexity index is 674. The Kier molecular flexibility index (Phi) is 5.01. The van der Waals surface area contributed by atoms with E-state index in [4.69, 9.17) is 10.5 Å². The highest BCUT2D eigenvalue weighted by molar-refractivity contribution is 7.89. The number of nitrogens with zero attached hydrogens (tertiary/aromatic N) is 1. The molecule has 2 rings (SSSR count). The van der Waals surface area contributed by atoms with Crippen molar-refractivity contribution < 1.29 is 13.2 Å². The van der Waals surface area contributed by atoms with E-state index < -0.39 is 10.0 Å². The number of methoxy groups -OCH3 is 1. The Balaban J connectivity index is 2.35. The second-order valence-corrected chi connectivity index (χ2v) is 6.90. The minimum atomic E-state index is -3.51. The topological polar surface area (TPSA) is 72.6 Å². The van der Waals surface area contributed by atoms with Crippen LogP contribution in [0.2, 0.25) is 0 Å². The van der Waals surface area contributed by atoms with Gasteiger partial charge in [-0.2, -0.15) is 4.31 Å². The van der Waals surface area contributed by atoms with Crippen molar-refractivity contribution in [1.29, 1.82) is 0 Å². The van der Waals surface area contributed by atoms with E-state index >= 15 is 0 Å². The SMILES string of the molecule is COC1CCN(S(=O)(=O)c2cc(C#CCN)ccc2C)C1. The van der Waals surface area contributed by atoms with Crippen LogP contribution in [0.4, 0.5) is 0 Å². The maximum absolute atomic E-state index is 12.7. The van der Waals surface area contributed by atoms with Crippen LogP contribution in [0.3, 0.4) is 0 Å². The van der Waals surface area contributed by atoms with E-state index in [9.17, 15) is 8.42 Å². The van der Waals surface area contributed by atoms with Crippen LogP contribution in [0, 0.1) is 18.8 Å². The Labute approximate surface area is 126 Å². The van der Waals surface area contributed by atoms with Crippen molar-refractivity contribution in [3.8, 4) is 11.8 Å². The molecule has 1 atom stereocenters. The first-order chi connectivity index (χ1) is 9.98. The van der Waals surface area contributed by atoms with Gasteiger partial charge in [0.25, 0.3) is 0 Å². The van der Waals surface area contributed by atoms with Crippen LogP contribution in [-0.2, 0) is 14.8 Å². The predicted octanol–water partition coefficient (Wildman–Crippen LogP) is 0.715. The highest BCUT2D eigenvalue weighted by atomic mass is 32.2. The lowest BCUT2D eigenvalue weighted by molar-refractivity contribution is 0.115. The number of benzene rings is 1. The van der Waals surface area contributed by atoms with Crippen LogP contribution in [0.5, 0.6) is 0 Å². The number of aryl methyl sites for hydroxylation is 1. The maximum atomic E-state index is 12.7. The van der Waals surface area contributed by atoms with Crippen LogP contribution in [0.15, 0.2) is 23.1 Å². The highest BCUT2D eigenvalue weighted by Gasteiger charge is 2.33. The van der Waals surface area contributed by atoms with Crippen molar-refractivity contribution in [3.05, 3.63) is 29.3 Å². The second-order valence-electron chi connectivity index (χ2n) is 5.00. The first-order valence-corrected chi connectivity index (χ1v) is 8.25. The Morgan fingerprint density at radius 1 is 1.48 bits per heavy atom. The molecule has 114 valence electrons. The fourth-order valence-electron chi connectivity index (χ4n) is 2.36. The van der Waals surface area contributed by atoms with Gasteiger partial charge < -0.3 is 10.5 Å². The van der Waals surface area contributed by atoms with E-state index in [0.29, 0.717) is 29.1 Å². The van der Waals surface area contributed by atoms with Crippen LogP contribution in [0.1, 0.15) is 17.5 Å². The molecule has 6 heteroatoms. The Morgan fingerprint density at radius 3 is 2.86 bits per heavy atom. The lowest BCUT2D eigenvalue weighted by Gasteiger charge is -2.18. The molecule has 0 aromatic heterocycles. The van der Waals surface area contributed by atoms with Crippen LogP contribution >= 0.6 is 0 Å². The number of nitrogens with two attached hydrogens (primary N) is 1. The van der Waals surface area contributed by atoms with Gasteiger partial charge in [0.05, 0.1) is 17.5 Å². The summed E-state index contributed by atoms with van der Waals surface area (Å²) in [5, 5.41) is 0. The Hall–Kier alpha value is -1.39. The third-order valence-corrected chi connectivity index (χ3v) is 5.59. The molecule has 21 heavy (non-hydrogen) atoms. The molecule has 0 aliphatic carbocycles. The number of rotatable bonds is 3. The van der Waals surface area contributed by atoms with Crippen molar-refractivity contribution in [2.24, 2.45) is 5.73 Å². The minimum absolute atomic E-state index is 0.0275. The molecular weight excluding hydrogens is 288 g/mol.